The second kappa shape index (κ2) is 6.32. The second-order valence-electron chi connectivity index (χ2n) is 3.77. The molecule has 0 fully saturated rings. The third-order valence-electron chi connectivity index (χ3n) is 1.57. The third kappa shape index (κ3) is 8.18. The number of rotatable bonds is 6. The molecular formula is C9H21NO3. The van der Waals surface area contributed by atoms with Crippen molar-refractivity contribution in [3.63, 3.8) is 0 Å². The maximum Gasteiger partial charge on any atom is 0.0639 e. The monoisotopic (exact) mass is 191 g/mol. The molecule has 0 saturated carbocycles. The van der Waals surface area contributed by atoms with E-state index in [0.29, 0.717) is 19.6 Å². The van der Waals surface area contributed by atoms with Crippen LogP contribution in [-0.4, -0.2) is 58.2 Å². The lowest BCUT2D eigenvalue weighted by Gasteiger charge is -2.25. The average molecular weight is 191 g/mol. The smallest absolute Gasteiger partial charge is 0.0639 e. The zero-order chi connectivity index (χ0) is 10.4. The summed E-state index contributed by atoms with van der Waals surface area (Å²) in [7, 11) is 0. The van der Waals surface area contributed by atoms with Gasteiger partial charge < -0.3 is 15.3 Å². The van der Waals surface area contributed by atoms with Crippen molar-refractivity contribution in [1.29, 1.82) is 0 Å². The van der Waals surface area contributed by atoms with Gasteiger partial charge in [0.2, 0.25) is 0 Å². The van der Waals surface area contributed by atoms with E-state index < -0.39 is 18.3 Å². The largest absolute Gasteiger partial charge is 0.392 e. The summed E-state index contributed by atoms with van der Waals surface area (Å²) < 4.78 is 0. The first-order valence-corrected chi connectivity index (χ1v) is 4.68. The fourth-order valence-corrected chi connectivity index (χ4v) is 1.34. The Morgan fingerprint density at radius 2 is 1.00 bits per heavy atom. The number of hydrogen-bond donors (Lipinski definition) is 3. The molecule has 0 heterocycles. The highest BCUT2D eigenvalue weighted by Gasteiger charge is 2.12. The normalized spacial score (nSPS) is 18.7. The van der Waals surface area contributed by atoms with Crippen LogP contribution in [0.2, 0.25) is 0 Å². The minimum absolute atomic E-state index is 0.433. The molecule has 3 atom stereocenters. The first-order valence-electron chi connectivity index (χ1n) is 4.68. The lowest BCUT2D eigenvalue weighted by atomic mass is 10.2. The predicted octanol–water partition coefficient (Wildman–Crippen LogP) is -0.569. The Kier molecular flexibility index (Phi) is 6.24. The van der Waals surface area contributed by atoms with E-state index >= 15 is 0 Å². The molecule has 0 aliphatic heterocycles. The van der Waals surface area contributed by atoms with E-state index in [0.717, 1.165) is 0 Å². The summed E-state index contributed by atoms with van der Waals surface area (Å²) in [4.78, 5) is 1.85. The molecule has 0 bridgehead atoms. The van der Waals surface area contributed by atoms with Crippen LogP contribution in [-0.2, 0) is 0 Å². The lowest BCUT2D eigenvalue weighted by Crippen LogP contribution is -2.40. The van der Waals surface area contributed by atoms with Crippen LogP contribution in [0, 0.1) is 0 Å². The molecule has 0 aromatic rings. The zero-order valence-corrected chi connectivity index (χ0v) is 8.64. The highest BCUT2D eigenvalue weighted by Crippen LogP contribution is 1.97. The maximum absolute atomic E-state index is 9.14. The van der Waals surface area contributed by atoms with E-state index in [9.17, 15) is 0 Å². The van der Waals surface area contributed by atoms with Gasteiger partial charge in [-0.2, -0.15) is 0 Å². The van der Waals surface area contributed by atoms with Crippen molar-refractivity contribution >= 4 is 0 Å². The fraction of sp³-hybridized carbons (Fsp3) is 1.00. The molecule has 0 saturated heterocycles. The summed E-state index contributed by atoms with van der Waals surface area (Å²) in [6.07, 6.45) is -1.30. The Morgan fingerprint density at radius 3 is 1.15 bits per heavy atom. The van der Waals surface area contributed by atoms with E-state index in [-0.39, 0.29) is 0 Å². The molecule has 0 rings (SSSR count). The first-order chi connectivity index (χ1) is 5.91. The van der Waals surface area contributed by atoms with Crippen molar-refractivity contribution in [1.82, 2.24) is 4.90 Å². The van der Waals surface area contributed by atoms with E-state index in [4.69, 9.17) is 15.3 Å². The van der Waals surface area contributed by atoms with Crippen molar-refractivity contribution in [3.05, 3.63) is 0 Å². The second-order valence-corrected chi connectivity index (χ2v) is 3.77. The Labute approximate surface area is 79.8 Å². The molecule has 0 radical (unpaired) electrons. The molecule has 0 aromatic heterocycles. The van der Waals surface area contributed by atoms with E-state index in [1.165, 1.54) is 0 Å². The minimum atomic E-state index is -0.433. The van der Waals surface area contributed by atoms with Crippen molar-refractivity contribution in [2.45, 2.75) is 39.1 Å². The third-order valence-corrected chi connectivity index (χ3v) is 1.57. The average Bonchev–Trinajstić information content (AvgIpc) is 1.80. The van der Waals surface area contributed by atoms with Gasteiger partial charge in [0.05, 0.1) is 18.3 Å². The van der Waals surface area contributed by atoms with Gasteiger partial charge in [-0.15, -0.1) is 0 Å². The molecule has 0 amide bonds. The topological polar surface area (TPSA) is 63.9 Å². The summed E-state index contributed by atoms with van der Waals surface area (Å²) in [5.74, 6) is 0. The van der Waals surface area contributed by atoms with Crippen LogP contribution in [0.4, 0.5) is 0 Å². The number of nitrogens with zero attached hydrogens (tertiary/aromatic N) is 1. The van der Waals surface area contributed by atoms with Crippen LogP contribution in [0.15, 0.2) is 0 Å². The van der Waals surface area contributed by atoms with E-state index in [1.807, 2.05) is 4.90 Å². The summed E-state index contributed by atoms with van der Waals surface area (Å²) in [5, 5.41) is 27.4. The Hall–Kier alpha value is -0.160. The number of aliphatic hydroxyl groups is 3. The van der Waals surface area contributed by atoms with Gasteiger partial charge in [0.1, 0.15) is 0 Å². The standard InChI is InChI=1S/C9H21NO3/c1-7(11)4-10(5-8(2)12)6-9(3)13/h7-9,11-13H,4-6H2,1-3H3/t7-,8-,9+/m0/s1. The maximum atomic E-state index is 9.14. The van der Waals surface area contributed by atoms with Crippen LogP contribution in [0.1, 0.15) is 20.8 Å². The molecule has 0 aliphatic rings. The quantitative estimate of drug-likeness (QED) is 0.526. The summed E-state index contributed by atoms with van der Waals surface area (Å²) >= 11 is 0. The summed E-state index contributed by atoms with van der Waals surface area (Å²) in [6.45, 7) is 6.52. The van der Waals surface area contributed by atoms with Crippen LogP contribution in [0.5, 0.6) is 0 Å². The fourth-order valence-electron chi connectivity index (χ4n) is 1.34. The van der Waals surface area contributed by atoms with Gasteiger partial charge in [-0.1, -0.05) is 0 Å². The lowest BCUT2D eigenvalue weighted by molar-refractivity contribution is 0.0530. The number of hydrogen-bond acceptors (Lipinski definition) is 4. The molecule has 4 heteroatoms. The van der Waals surface area contributed by atoms with Gasteiger partial charge in [-0.3, -0.25) is 4.90 Å². The van der Waals surface area contributed by atoms with E-state index in [2.05, 4.69) is 0 Å². The minimum Gasteiger partial charge on any atom is -0.392 e. The highest BCUT2D eigenvalue weighted by atomic mass is 16.3. The van der Waals surface area contributed by atoms with Crippen LogP contribution in [0.3, 0.4) is 0 Å². The summed E-state index contributed by atoms with van der Waals surface area (Å²) in [6, 6.07) is 0. The Bertz CT molecular complexity index is 102. The molecule has 4 nitrogen and oxygen atoms in total. The Balaban J connectivity index is 3.87. The summed E-state index contributed by atoms with van der Waals surface area (Å²) in [5.41, 5.74) is 0. The van der Waals surface area contributed by atoms with Crippen LogP contribution < -0.4 is 0 Å². The molecule has 0 aromatic carbocycles. The van der Waals surface area contributed by atoms with Gasteiger partial charge in [-0.05, 0) is 20.8 Å². The van der Waals surface area contributed by atoms with Gasteiger partial charge in [0, 0.05) is 19.6 Å². The molecule has 80 valence electrons. The van der Waals surface area contributed by atoms with Crippen molar-refractivity contribution in [2.75, 3.05) is 19.6 Å². The zero-order valence-electron chi connectivity index (χ0n) is 8.64. The van der Waals surface area contributed by atoms with E-state index in [1.54, 1.807) is 20.8 Å². The van der Waals surface area contributed by atoms with Crippen molar-refractivity contribution < 1.29 is 15.3 Å². The van der Waals surface area contributed by atoms with Crippen LogP contribution >= 0.6 is 0 Å². The molecule has 0 aliphatic carbocycles. The molecular weight excluding hydrogens is 170 g/mol. The van der Waals surface area contributed by atoms with Crippen LogP contribution in [0.25, 0.3) is 0 Å². The molecule has 13 heavy (non-hydrogen) atoms. The number of aliphatic hydroxyl groups excluding tert-OH is 3. The Morgan fingerprint density at radius 1 is 0.769 bits per heavy atom. The van der Waals surface area contributed by atoms with Gasteiger partial charge >= 0.3 is 0 Å². The molecule has 3 N–H and O–H groups in total. The van der Waals surface area contributed by atoms with Gasteiger partial charge in [0.25, 0.3) is 0 Å². The van der Waals surface area contributed by atoms with Gasteiger partial charge in [0.15, 0.2) is 0 Å². The highest BCUT2D eigenvalue weighted by molar-refractivity contribution is 4.66. The molecule has 0 spiro atoms. The first kappa shape index (κ1) is 12.8. The predicted molar refractivity (Wildman–Crippen MR) is 51.5 cm³/mol. The SMILES string of the molecule is C[C@H](O)CN(C[C@H](C)O)C[C@@H](C)O. The molecule has 0 unspecified atom stereocenters. The van der Waals surface area contributed by atoms with Crippen molar-refractivity contribution in [3.8, 4) is 0 Å². The van der Waals surface area contributed by atoms with Gasteiger partial charge in [-0.25, -0.2) is 0 Å². The van der Waals surface area contributed by atoms with Crippen molar-refractivity contribution in [2.24, 2.45) is 0 Å².